The standard InChI is InChI=1S/C9H13N3/c10-5-7-1-3-8(4-2-7)9(12)6-11/h1-4,12H,5-6,10-11H2. The molecule has 0 saturated carbocycles. The van der Waals surface area contributed by atoms with Gasteiger partial charge in [0.2, 0.25) is 0 Å². The molecule has 0 aliphatic carbocycles. The van der Waals surface area contributed by atoms with Crippen LogP contribution in [0.25, 0.3) is 0 Å². The summed E-state index contributed by atoms with van der Waals surface area (Å²) in [5.74, 6) is 0. The van der Waals surface area contributed by atoms with Crippen LogP contribution in [-0.4, -0.2) is 12.3 Å². The second-order valence-corrected chi connectivity index (χ2v) is 2.58. The van der Waals surface area contributed by atoms with E-state index in [1.165, 1.54) is 0 Å². The molecular weight excluding hydrogens is 150 g/mol. The number of benzene rings is 1. The predicted molar refractivity (Wildman–Crippen MR) is 50.2 cm³/mol. The van der Waals surface area contributed by atoms with Crippen LogP contribution < -0.4 is 11.5 Å². The maximum absolute atomic E-state index is 7.45. The van der Waals surface area contributed by atoms with Crippen molar-refractivity contribution in [3.05, 3.63) is 35.4 Å². The van der Waals surface area contributed by atoms with Crippen LogP contribution in [0.4, 0.5) is 0 Å². The summed E-state index contributed by atoms with van der Waals surface area (Å²) in [4.78, 5) is 0. The molecule has 0 bridgehead atoms. The summed E-state index contributed by atoms with van der Waals surface area (Å²) in [5, 5.41) is 7.45. The van der Waals surface area contributed by atoms with E-state index in [-0.39, 0.29) is 6.54 Å². The van der Waals surface area contributed by atoms with E-state index in [4.69, 9.17) is 16.9 Å². The molecule has 0 spiro atoms. The lowest BCUT2D eigenvalue weighted by Crippen LogP contribution is -2.13. The second-order valence-electron chi connectivity index (χ2n) is 2.58. The fraction of sp³-hybridized carbons (Fsp3) is 0.222. The van der Waals surface area contributed by atoms with E-state index in [0.29, 0.717) is 12.3 Å². The summed E-state index contributed by atoms with van der Waals surface area (Å²) in [7, 11) is 0. The molecule has 0 atom stereocenters. The van der Waals surface area contributed by atoms with Crippen LogP contribution in [0.5, 0.6) is 0 Å². The molecule has 12 heavy (non-hydrogen) atoms. The lowest BCUT2D eigenvalue weighted by atomic mass is 10.1. The van der Waals surface area contributed by atoms with Crippen molar-refractivity contribution >= 4 is 5.71 Å². The Morgan fingerprint density at radius 2 is 1.75 bits per heavy atom. The molecule has 5 N–H and O–H groups in total. The van der Waals surface area contributed by atoms with Gasteiger partial charge in [0.15, 0.2) is 0 Å². The molecule has 0 heterocycles. The lowest BCUT2D eigenvalue weighted by Gasteiger charge is -2.01. The smallest absolute Gasteiger partial charge is 0.0522 e. The summed E-state index contributed by atoms with van der Waals surface area (Å²) < 4.78 is 0. The van der Waals surface area contributed by atoms with Crippen molar-refractivity contribution < 1.29 is 0 Å². The van der Waals surface area contributed by atoms with E-state index in [9.17, 15) is 0 Å². The molecule has 64 valence electrons. The van der Waals surface area contributed by atoms with Gasteiger partial charge in [-0.1, -0.05) is 24.3 Å². The molecule has 1 aromatic rings. The fourth-order valence-electron chi connectivity index (χ4n) is 0.960. The monoisotopic (exact) mass is 163 g/mol. The molecular formula is C9H13N3. The summed E-state index contributed by atoms with van der Waals surface area (Å²) in [6.45, 7) is 0.818. The first-order valence-electron chi connectivity index (χ1n) is 3.84. The highest BCUT2D eigenvalue weighted by atomic mass is 14.6. The molecule has 0 aliphatic rings. The average Bonchev–Trinajstić information content (AvgIpc) is 2.17. The number of rotatable bonds is 3. The lowest BCUT2D eigenvalue weighted by molar-refractivity contribution is 1.07. The van der Waals surface area contributed by atoms with Crippen LogP contribution in [0.3, 0.4) is 0 Å². The van der Waals surface area contributed by atoms with E-state index < -0.39 is 0 Å². The topological polar surface area (TPSA) is 75.9 Å². The van der Waals surface area contributed by atoms with Gasteiger partial charge >= 0.3 is 0 Å². The minimum absolute atomic E-state index is 0.280. The van der Waals surface area contributed by atoms with Gasteiger partial charge < -0.3 is 16.9 Å². The van der Waals surface area contributed by atoms with Gasteiger partial charge in [0.05, 0.1) is 5.71 Å². The van der Waals surface area contributed by atoms with Crippen molar-refractivity contribution in [2.45, 2.75) is 6.54 Å². The highest BCUT2D eigenvalue weighted by Crippen LogP contribution is 2.03. The van der Waals surface area contributed by atoms with Crippen LogP contribution in [-0.2, 0) is 6.54 Å². The number of nitrogens with two attached hydrogens (primary N) is 2. The van der Waals surface area contributed by atoms with E-state index in [2.05, 4.69) is 0 Å². The zero-order valence-electron chi connectivity index (χ0n) is 6.88. The summed E-state index contributed by atoms with van der Waals surface area (Å²) >= 11 is 0. The van der Waals surface area contributed by atoms with Crippen LogP contribution in [0.15, 0.2) is 24.3 Å². The van der Waals surface area contributed by atoms with Crippen molar-refractivity contribution in [3.63, 3.8) is 0 Å². The molecule has 1 rings (SSSR count). The third-order valence-electron chi connectivity index (χ3n) is 1.74. The highest BCUT2D eigenvalue weighted by Gasteiger charge is 1.97. The summed E-state index contributed by atoms with van der Waals surface area (Å²) in [5.41, 5.74) is 13.2. The van der Waals surface area contributed by atoms with Gasteiger partial charge in [-0.3, -0.25) is 0 Å². The van der Waals surface area contributed by atoms with Crippen LogP contribution in [0.2, 0.25) is 0 Å². The first-order chi connectivity index (χ1) is 5.77. The normalized spacial score (nSPS) is 9.83. The van der Waals surface area contributed by atoms with E-state index in [0.717, 1.165) is 11.1 Å². The van der Waals surface area contributed by atoms with Gasteiger partial charge in [0.1, 0.15) is 0 Å². The van der Waals surface area contributed by atoms with Gasteiger partial charge in [-0.2, -0.15) is 0 Å². The van der Waals surface area contributed by atoms with E-state index in [1.54, 1.807) is 0 Å². The molecule has 1 aromatic carbocycles. The largest absolute Gasteiger partial charge is 0.326 e. The molecule has 0 aromatic heterocycles. The van der Waals surface area contributed by atoms with E-state index in [1.807, 2.05) is 24.3 Å². The number of hydrogen-bond acceptors (Lipinski definition) is 3. The van der Waals surface area contributed by atoms with Crippen molar-refractivity contribution in [3.8, 4) is 0 Å². The zero-order chi connectivity index (χ0) is 8.97. The van der Waals surface area contributed by atoms with Crippen molar-refractivity contribution in [2.24, 2.45) is 11.5 Å². The Bertz CT molecular complexity index is 264. The average molecular weight is 163 g/mol. The Kier molecular flexibility index (Phi) is 2.96. The first kappa shape index (κ1) is 8.90. The van der Waals surface area contributed by atoms with Crippen LogP contribution in [0, 0.1) is 5.41 Å². The molecule has 0 unspecified atom stereocenters. The SMILES string of the molecule is N=C(CN)c1ccc(CN)cc1. The quantitative estimate of drug-likeness (QED) is 0.566. The number of nitrogens with one attached hydrogen (secondary N) is 1. The Balaban J connectivity index is 2.84. The second kappa shape index (κ2) is 3.99. The third kappa shape index (κ3) is 1.90. The Morgan fingerprint density at radius 1 is 1.17 bits per heavy atom. The van der Waals surface area contributed by atoms with Crippen molar-refractivity contribution in [2.75, 3.05) is 6.54 Å². The molecule has 0 aliphatic heterocycles. The van der Waals surface area contributed by atoms with Gasteiger partial charge in [0, 0.05) is 13.1 Å². The van der Waals surface area contributed by atoms with Gasteiger partial charge in [-0.25, -0.2) is 0 Å². The molecule has 0 radical (unpaired) electrons. The first-order valence-corrected chi connectivity index (χ1v) is 3.84. The fourth-order valence-corrected chi connectivity index (χ4v) is 0.960. The van der Waals surface area contributed by atoms with Gasteiger partial charge in [0.25, 0.3) is 0 Å². The Hall–Kier alpha value is -1.19. The minimum atomic E-state index is 0.280. The minimum Gasteiger partial charge on any atom is -0.326 e. The van der Waals surface area contributed by atoms with E-state index >= 15 is 0 Å². The molecule has 3 heteroatoms. The van der Waals surface area contributed by atoms with Crippen molar-refractivity contribution in [1.29, 1.82) is 5.41 Å². The van der Waals surface area contributed by atoms with Gasteiger partial charge in [-0.15, -0.1) is 0 Å². The Labute approximate surface area is 71.9 Å². The zero-order valence-corrected chi connectivity index (χ0v) is 6.88. The van der Waals surface area contributed by atoms with Crippen LogP contribution in [0.1, 0.15) is 11.1 Å². The number of hydrogen-bond donors (Lipinski definition) is 3. The van der Waals surface area contributed by atoms with Gasteiger partial charge in [-0.05, 0) is 11.1 Å². The highest BCUT2D eigenvalue weighted by molar-refractivity contribution is 5.99. The third-order valence-corrected chi connectivity index (χ3v) is 1.74. The molecule has 0 saturated heterocycles. The maximum Gasteiger partial charge on any atom is 0.0522 e. The summed E-state index contributed by atoms with van der Waals surface area (Å²) in [6, 6.07) is 7.58. The molecule has 3 nitrogen and oxygen atoms in total. The van der Waals surface area contributed by atoms with Crippen LogP contribution >= 0.6 is 0 Å². The molecule has 0 fully saturated rings. The Morgan fingerprint density at radius 3 is 2.17 bits per heavy atom. The predicted octanol–water partition coefficient (Wildman–Crippen LogP) is 0.472. The molecule has 0 amide bonds. The summed E-state index contributed by atoms with van der Waals surface area (Å²) in [6.07, 6.45) is 0. The maximum atomic E-state index is 7.45. The van der Waals surface area contributed by atoms with Crippen molar-refractivity contribution in [1.82, 2.24) is 0 Å².